The molecule has 3 heterocycles. The van der Waals surface area contributed by atoms with Crippen LogP contribution in [0, 0.1) is 5.92 Å². The summed E-state index contributed by atoms with van der Waals surface area (Å²) in [5.41, 5.74) is 7.53. The maximum atomic E-state index is 6.34. The molecule has 27 heavy (non-hydrogen) atoms. The van der Waals surface area contributed by atoms with Crippen LogP contribution >= 0.6 is 24.0 Å². The quantitative estimate of drug-likeness (QED) is 0.403. The first-order valence-corrected chi connectivity index (χ1v) is 9.69. The van der Waals surface area contributed by atoms with Crippen LogP contribution in [-0.4, -0.2) is 50.5 Å². The third kappa shape index (κ3) is 4.45. The normalized spacial score (nSPS) is 22.4. The Labute approximate surface area is 178 Å². The lowest BCUT2D eigenvalue weighted by Gasteiger charge is -2.37. The summed E-state index contributed by atoms with van der Waals surface area (Å²) in [7, 11) is 0. The zero-order valence-corrected chi connectivity index (χ0v) is 18.3. The molecular weight excluding hydrogens is 457 g/mol. The van der Waals surface area contributed by atoms with Gasteiger partial charge in [-0.3, -0.25) is 4.99 Å². The molecule has 0 spiro atoms. The van der Waals surface area contributed by atoms with Crippen molar-refractivity contribution in [2.24, 2.45) is 16.6 Å². The number of hydrogen-bond donors (Lipinski definition) is 1. The van der Waals surface area contributed by atoms with Crippen LogP contribution in [0.25, 0.3) is 0 Å². The van der Waals surface area contributed by atoms with Gasteiger partial charge in [0.05, 0.1) is 6.54 Å². The molecule has 6 nitrogen and oxygen atoms in total. The smallest absolute Gasteiger partial charge is 0.231 e. The van der Waals surface area contributed by atoms with Crippen molar-refractivity contribution >= 4 is 29.9 Å². The van der Waals surface area contributed by atoms with Crippen LogP contribution < -0.4 is 15.2 Å². The van der Waals surface area contributed by atoms with Crippen molar-refractivity contribution in [3.8, 4) is 11.5 Å². The van der Waals surface area contributed by atoms with Crippen molar-refractivity contribution in [2.75, 3.05) is 39.6 Å². The summed E-state index contributed by atoms with van der Waals surface area (Å²) in [5.74, 6) is 3.12. The lowest BCUT2D eigenvalue weighted by molar-refractivity contribution is 0.0529. The molecular formula is C20H30IN3O3. The summed E-state index contributed by atoms with van der Waals surface area (Å²) in [6.07, 6.45) is 4.27. The minimum absolute atomic E-state index is 0. The molecule has 2 N–H and O–H groups in total. The number of nitrogens with zero attached hydrogens (tertiary/aromatic N) is 2. The number of rotatable bonds is 3. The second kappa shape index (κ2) is 8.86. The number of nitrogens with two attached hydrogens (primary N) is 1. The van der Waals surface area contributed by atoms with E-state index in [1.165, 1.54) is 18.4 Å². The number of halogens is 1. The van der Waals surface area contributed by atoms with Crippen LogP contribution in [0.3, 0.4) is 0 Å². The van der Waals surface area contributed by atoms with Gasteiger partial charge in [-0.1, -0.05) is 13.0 Å². The Morgan fingerprint density at radius 1 is 1.19 bits per heavy atom. The fourth-order valence-corrected chi connectivity index (χ4v) is 4.10. The molecule has 7 heteroatoms. The minimum atomic E-state index is -0.0487. The van der Waals surface area contributed by atoms with E-state index >= 15 is 0 Å². The largest absolute Gasteiger partial charge is 0.454 e. The van der Waals surface area contributed by atoms with Gasteiger partial charge in [-0.15, -0.1) is 24.0 Å². The monoisotopic (exact) mass is 487 g/mol. The third-order valence-corrected chi connectivity index (χ3v) is 6.09. The maximum Gasteiger partial charge on any atom is 0.231 e. The second-order valence-electron chi connectivity index (χ2n) is 7.80. The molecule has 2 fully saturated rings. The molecule has 0 amide bonds. The number of piperidine rings is 1. The maximum absolute atomic E-state index is 6.34. The van der Waals surface area contributed by atoms with Crippen molar-refractivity contribution < 1.29 is 14.2 Å². The number of benzene rings is 1. The summed E-state index contributed by atoms with van der Waals surface area (Å²) >= 11 is 0. The standard InChI is InChI=1S/C20H29N3O3.HI/c1-15-4-8-23(9-5-15)19(21)22-13-20(6-10-24-11-7-20)16-2-3-17-18(12-16)26-14-25-17;/h2-3,12,15H,4-11,13-14H2,1H3,(H2,21,22);1H. The first-order valence-electron chi connectivity index (χ1n) is 9.69. The van der Waals surface area contributed by atoms with Gasteiger partial charge >= 0.3 is 0 Å². The Balaban J connectivity index is 0.00000210. The first-order chi connectivity index (χ1) is 12.7. The van der Waals surface area contributed by atoms with Crippen LogP contribution in [0.15, 0.2) is 23.2 Å². The fraction of sp³-hybridized carbons (Fsp3) is 0.650. The molecule has 1 aromatic carbocycles. The number of aliphatic imine (C=N–C) groups is 1. The predicted molar refractivity (Wildman–Crippen MR) is 116 cm³/mol. The van der Waals surface area contributed by atoms with Crippen LogP contribution in [0.5, 0.6) is 11.5 Å². The van der Waals surface area contributed by atoms with Gasteiger partial charge in [0.15, 0.2) is 17.5 Å². The van der Waals surface area contributed by atoms with E-state index in [1.807, 2.05) is 6.07 Å². The Morgan fingerprint density at radius 2 is 1.89 bits per heavy atom. The van der Waals surface area contributed by atoms with Crippen LogP contribution in [0.1, 0.15) is 38.2 Å². The molecule has 0 bridgehead atoms. The van der Waals surface area contributed by atoms with Gasteiger partial charge in [0.2, 0.25) is 6.79 Å². The van der Waals surface area contributed by atoms with E-state index in [9.17, 15) is 0 Å². The molecule has 1 aromatic rings. The highest BCUT2D eigenvalue weighted by Gasteiger charge is 2.36. The van der Waals surface area contributed by atoms with E-state index in [4.69, 9.17) is 24.9 Å². The fourth-order valence-electron chi connectivity index (χ4n) is 4.10. The van der Waals surface area contributed by atoms with Crippen LogP contribution in [0.2, 0.25) is 0 Å². The van der Waals surface area contributed by atoms with E-state index in [1.54, 1.807) is 0 Å². The highest BCUT2D eigenvalue weighted by Crippen LogP contribution is 2.41. The Kier molecular flexibility index (Phi) is 6.73. The molecule has 3 aliphatic rings. The van der Waals surface area contributed by atoms with Gasteiger partial charge in [-0.2, -0.15) is 0 Å². The Bertz CT molecular complexity index is 668. The molecule has 4 rings (SSSR count). The van der Waals surface area contributed by atoms with Crippen molar-refractivity contribution in [1.29, 1.82) is 0 Å². The molecule has 0 aromatic heterocycles. The third-order valence-electron chi connectivity index (χ3n) is 6.09. The molecule has 0 saturated carbocycles. The highest BCUT2D eigenvalue weighted by molar-refractivity contribution is 14.0. The second-order valence-corrected chi connectivity index (χ2v) is 7.80. The van der Waals surface area contributed by atoms with Crippen molar-refractivity contribution in [1.82, 2.24) is 4.90 Å². The van der Waals surface area contributed by atoms with Gasteiger partial charge in [0, 0.05) is 31.7 Å². The summed E-state index contributed by atoms with van der Waals surface area (Å²) in [6.45, 7) is 6.83. The first kappa shape index (κ1) is 20.5. The molecule has 0 atom stereocenters. The van der Waals surface area contributed by atoms with Crippen molar-refractivity contribution in [3.63, 3.8) is 0 Å². The minimum Gasteiger partial charge on any atom is -0.454 e. The predicted octanol–water partition coefficient (Wildman–Crippen LogP) is 3.13. The number of ether oxygens (including phenoxy) is 3. The molecule has 0 aliphatic carbocycles. The van der Waals surface area contributed by atoms with Gasteiger partial charge < -0.3 is 24.8 Å². The number of hydrogen-bond acceptors (Lipinski definition) is 4. The van der Waals surface area contributed by atoms with Gasteiger partial charge in [-0.25, -0.2) is 0 Å². The van der Waals surface area contributed by atoms with E-state index in [-0.39, 0.29) is 29.4 Å². The van der Waals surface area contributed by atoms with Crippen molar-refractivity contribution in [2.45, 2.75) is 38.0 Å². The van der Waals surface area contributed by atoms with Crippen LogP contribution in [0.4, 0.5) is 0 Å². The number of likely N-dealkylation sites (tertiary alicyclic amines) is 1. The van der Waals surface area contributed by atoms with E-state index < -0.39 is 0 Å². The van der Waals surface area contributed by atoms with Crippen molar-refractivity contribution in [3.05, 3.63) is 23.8 Å². The Hall–Kier alpha value is -1.22. The summed E-state index contributed by atoms with van der Waals surface area (Å²) in [4.78, 5) is 7.06. The topological polar surface area (TPSA) is 69.3 Å². The summed E-state index contributed by atoms with van der Waals surface area (Å²) in [6, 6.07) is 6.27. The lowest BCUT2D eigenvalue weighted by atomic mass is 9.74. The molecule has 0 unspecified atom stereocenters. The molecule has 150 valence electrons. The van der Waals surface area contributed by atoms with E-state index in [2.05, 4.69) is 24.0 Å². The average Bonchev–Trinajstić information content (AvgIpc) is 3.15. The summed E-state index contributed by atoms with van der Waals surface area (Å²) in [5, 5.41) is 0. The van der Waals surface area contributed by atoms with Gasteiger partial charge in [0.25, 0.3) is 0 Å². The zero-order valence-electron chi connectivity index (χ0n) is 16.0. The number of fused-ring (bicyclic) bond motifs is 1. The SMILES string of the molecule is CC1CCN(C(N)=NCC2(c3ccc4c(c3)OCO4)CCOCC2)CC1.I. The Morgan fingerprint density at radius 3 is 2.63 bits per heavy atom. The van der Waals surface area contributed by atoms with E-state index in [0.29, 0.717) is 19.3 Å². The molecule has 2 saturated heterocycles. The van der Waals surface area contributed by atoms with Crippen LogP contribution in [-0.2, 0) is 10.2 Å². The van der Waals surface area contributed by atoms with E-state index in [0.717, 1.165) is 56.6 Å². The highest BCUT2D eigenvalue weighted by atomic mass is 127. The average molecular weight is 487 g/mol. The number of guanidine groups is 1. The van der Waals surface area contributed by atoms with Gasteiger partial charge in [-0.05, 0) is 49.3 Å². The molecule has 3 aliphatic heterocycles. The molecule has 0 radical (unpaired) electrons. The summed E-state index contributed by atoms with van der Waals surface area (Å²) < 4.78 is 16.7. The van der Waals surface area contributed by atoms with Gasteiger partial charge in [0.1, 0.15) is 0 Å². The lowest BCUT2D eigenvalue weighted by Crippen LogP contribution is -2.44. The zero-order chi connectivity index (χ0) is 18.0.